The first kappa shape index (κ1) is 18.5. The minimum atomic E-state index is -4.41. The summed E-state index contributed by atoms with van der Waals surface area (Å²) in [7, 11) is 0. The SMILES string of the molecule is O=C1C[C@@H](c2nc(-c3ccc(C(F)(F)F)cc3)no2)CN1c1ccc(Cl)cc1. The van der Waals surface area contributed by atoms with Gasteiger partial charge < -0.3 is 9.42 Å². The molecule has 1 atom stereocenters. The summed E-state index contributed by atoms with van der Waals surface area (Å²) >= 11 is 5.88. The first-order chi connectivity index (χ1) is 13.3. The van der Waals surface area contributed by atoms with Gasteiger partial charge in [0.15, 0.2) is 0 Å². The van der Waals surface area contributed by atoms with Crippen LogP contribution in [-0.2, 0) is 11.0 Å². The predicted molar refractivity (Wildman–Crippen MR) is 95.9 cm³/mol. The van der Waals surface area contributed by atoms with Crippen LogP contribution in [0, 0.1) is 0 Å². The number of amides is 1. The number of rotatable bonds is 3. The molecule has 0 unspecified atom stereocenters. The number of hydrogen-bond donors (Lipinski definition) is 0. The zero-order valence-electron chi connectivity index (χ0n) is 14.3. The maximum Gasteiger partial charge on any atom is 0.416 e. The molecule has 0 radical (unpaired) electrons. The lowest BCUT2D eigenvalue weighted by Crippen LogP contribution is -2.24. The Labute approximate surface area is 162 Å². The van der Waals surface area contributed by atoms with Crippen LogP contribution in [0.5, 0.6) is 0 Å². The molecule has 1 saturated heterocycles. The predicted octanol–water partition coefficient (Wildman–Crippen LogP) is 4.93. The molecule has 2 aromatic carbocycles. The topological polar surface area (TPSA) is 59.2 Å². The van der Waals surface area contributed by atoms with Crippen molar-refractivity contribution < 1.29 is 22.5 Å². The van der Waals surface area contributed by atoms with E-state index < -0.39 is 11.7 Å². The van der Waals surface area contributed by atoms with Gasteiger partial charge in [-0.1, -0.05) is 28.9 Å². The van der Waals surface area contributed by atoms with Crippen LogP contribution in [0.25, 0.3) is 11.4 Å². The maximum atomic E-state index is 12.7. The summed E-state index contributed by atoms with van der Waals surface area (Å²) in [6.45, 7) is 0.370. The van der Waals surface area contributed by atoms with E-state index in [1.165, 1.54) is 12.1 Å². The molecule has 5 nitrogen and oxygen atoms in total. The third kappa shape index (κ3) is 3.60. The van der Waals surface area contributed by atoms with Crippen molar-refractivity contribution in [2.24, 2.45) is 0 Å². The quantitative estimate of drug-likeness (QED) is 0.617. The molecule has 0 N–H and O–H groups in total. The third-order valence-electron chi connectivity index (χ3n) is 4.52. The summed E-state index contributed by atoms with van der Waals surface area (Å²) in [4.78, 5) is 18.2. The smallest absolute Gasteiger partial charge is 0.339 e. The van der Waals surface area contributed by atoms with Crippen LogP contribution in [0.1, 0.15) is 23.8 Å². The van der Waals surface area contributed by atoms with E-state index in [-0.39, 0.29) is 30.0 Å². The molecular formula is C19H13ClF3N3O2. The highest BCUT2D eigenvalue weighted by atomic mass is 35.5. The Bertz CT molecular complexity index is 1000. The summed E-state index contributed by atoms with van der Waals surface area (Å²) < 4.78 is 43.3. The van der Waals surface area contributed by atoms with E-state index in [1.54, 1.807) is 29.2 Å². The summed E-state index contributed by atoms with van der Waals surface area (Å²) in [6.07, 6.45) is -4.20. The van der Waals surface area contributed by atoms with Gasteiger partial charge >= 0.3 is 6.18 Å². The molecule has 1 aromatic heterocycles. The van der Waals surface area contributed by atoms with Crippen LogP contribution in [0.15, 0.2) is 53.1 Å². The lowest BCUT2D eigenvalue weighted by Gasteiger charge is -2.15. The fraction of sp³-hybridized carbons (Fsp3) is 0.211. The Kier molecular flexibility index (Phi) is 4.58. The molecule has 0 bridgehead atoms. The van der Waals surface area contributed by atoms with Crippen molar-refractivity contribution in [2.75, 3.05) is 11.4 Å². The molecule has 0 aliphatic carbocycles. The Morgan fingerprint density at radius 2 is 1.75 bits per heavy atom. The first-order valence-corrected chi connectivity index (χ1v) is 8.76. The molecule has 0 spiro atoms. The second kappa shape index (κ2) is 6.94. The standard InChI is InChI=1S/C19H13ClF3N3O2/c20-14-5-7-15(8-6-14)26-10-12(9-16(26)27)18-24-17(25-28-18)11-1-3-13(4-2-11)19(21,22)23/h1-8,12H,9-10H2/t12-/m1/s1. The van der Waals surface area contributed by atoms with Gasteiger partial charge in [0.05, 0.1) is 11.5 Å². The number of halogens is 4. The molecular weight excluding hydrogens is 395 g/mol. The van der Waals surface area contributed by atoms with Gasteiger partial charge in [0, 0.05) is 29.2 Å². The number of aromatic nitrogens is 2. The highest BCUT2D eigenvalue weighted by Gasteiger charge is 2.35. The largest absolute Gasteiger partial charge is 0.416 e. The summed E-state index contributed by atoms with van der Waals surface area (Å²) in [5.74, 6) is 0.0845. The summed E-state index contributed by atoms with van der Waals surface area (Å²) in [6, 6.07) is 11.4. The van der Waals surface area contributed by atoms with Crippen molar-refractivity contribution in [3.63, 3.8) is 0 Å². The summed E-state index contributed by atoms with van der Waals surface area (Å²) in [5, 5.41) is 4.42. The Hall–Kier alpha value is -2.87. The number of alkyl halides is 3. The zero-order chi connectivity index (χ0) is 19.9. The monoisotopic (exact) mass is 407 g/mol. The molecule has 4 rings (SSSR count). The van der Waals surface area contributed by atoms with Gasteiger partial charge in [-0.05, 0) is 36.4 Å². The minimum Gasteiger partial charge on any atom is -0.339 e. The molecule has 1 aliphatic rings. The van der Waals surface area contributed by atoms with Crippen LogP contribution >= 0.6 is 11.6 Å². The molecule has 144 valence electrons. The fourth-order valence-electron chi connectivity index (χ4n) is 3.07. The molecule has 1 aliphatic heterocycles. The second-order valence-electron chi connectivity index (χ2n) is 6.41. The van der Waals surface area contributed by atoms with Gasteiger partial charge in [-0.15, -0.1) is 0 Å². The molecule has 9 heteroatoms. The normalized spacial score (nSPS) is 17.4. The van der Waals surface area contributed by atoms with E-state index in [0.29, 0.717) is 17.1 Å². The number of anilines is 1. The molecule has 1 amide bonds. The minimum absolute atomic E-state index is 0.0818. The van der Waals surface area contributed by atoms with Crippen molar-refractivity contribution in [1.29, 1.82) is 0 Å². The van der Waals surface area contributed by atoms with Gasteiger partial charge in [-0.25, -0.2) is 0 Å². The van der Waals surface area contributed by atoms with Crippen LogP contribution in [-0.4, -0.2) is 22.6 Å². The van der Waals surface area contributed by atoms with E-state index in [1.807, 2.05) is 0 Å². The second-order valence-corrected chi connectivity index (χ2v) is 6.85. The van der Waals surface area contributed by atoms with Crippen LogP contribution < -0.4 is 4.90 Å². The number of nitrogens with zero attached hydrogens (tertiary/aromatic N) is 3. The number of hydrogen-bond acceptors (Lipinski definition) is 4. The van der Waals surface area contributed by atoms with Crippen LogP contribution in [0.2, 0.25) is 5.02 Å². The number of carbonyl (C=O) groups excluding carboxylic acids is 1. The van der Waals surface area contributed by atoms with E-state index in [9.17, 15) is 18.0 Å². The third-order valence-corrected chi connectivity index (χ3v) is 4.78. The van der Waals surface area contributed by atoms with Crippen molar-refractivity contribution in [3.8, 4) is 11.4 Å². The van der Waals surface area contributed by atoms with Crippen LogP contribution in [0.3, 0.4) is 0 Å². The van der Waals surface area contributed by atoms with E-state index in [4.69, 9.17) is 16.1 Å². The lowest BCUT2D eigenvalue weighted by molar-refractivity contribution is -0.137. The highest BCUT2D eigenvalue weighted by molar-refractivity contribution is 6.30. The Morgan fingerprint density at radius 1 is 1.07 bits per heavy atom. The van der Waals surface area contributed by atoms with Crippen molar-refractivity contribution in [3.05, 3.63) is 65.0 Å². The molecule has 28 heavy (non-hydrogen) atoms. The van der Waals surface area contributed by atoms with E-state index in [2.05, 4.69) is 10.1 Å². The maximum absolute atomic E-state index is 12.7. The van der Waals surface area contributed by atoms with Gasteiger partial charge in [0.2, 0.25) is 17.6 Å². The van der Waals surface area contributed by atoms with Crippen molar-refractivity contribution in [1.82, 2.24) is 10.1 Å². The number of benzene rings is 2. The first-order valence-electron chi connectivity index (χ1n) is 8.38. The number of carbonyl (C=O) groups is 1. The Morgan fingerprint density at radius 3 is 2.39 bits per heavy atom. The molecule has 1 fully saturated rings. The summed E-state index contributed by atoms with van der Waals surface area (Å²) in [5.41, 5.74) is 0.376. The van der Waals surface area contributed by atoms with Crippen LogP contribution in [0.4, 0.5) is 18.9 Å². The van der Waals surface area contributed by atoms with Gasteiger partial charge in [-0.2, -0.15) is 18.2 Å². The average molecular weight is 408 g/mol. The van der Waals surface area contributed by atoms with Gasteiger partial charge in [-0.3, -0.25) is 4.79 Å². The Balaban J connectivity index is 1.52. The zero-order valence-corrected chi connectivity index (χ0v) is 15.0. The van der Waals surface area contributed by atoms with Gasteiger partial charge in [0.1, 0.15) is 0 Å². The lowest BCUT2D eigenvalue weighted by atomic mass is 10.1. The van der Waals surface area contributed by atoms with Crippen molar-refractivity contribution in [2.45, 2.75) is 18.5 Å². The van der Waals surface area contributed by atoms with E-state index in [0.717, 1.165) is 17.8 Å². The molecule has 3 aromatic rings. The molecule has 0 saturated carbocycles. The van der Waals surface area contributed by atoms with E-state index >= 15 is 0 Å². The fourth-order valence-corrected chi connectivity index (χ4v) is 3.20. The van der Waals surface area contributed by atoms with Gasteiger partial charge in [0.25, 0.3) is 0 Å². The average Bonchev–Trinajstić information content (AvgIpc) is 3.29. The molecule has 2 heterocycles. The van der Waals surface area contributed by atoms with Crippen molar-refractivity contribution >= 4 is 23.2 Å². The highest BCUT2D eigenvalue weighted by Crippen LogP contribution is 2.33.